The number of thioether (sulfide) groups is 1. The Balaban J connectivity index is 1.93. The van der Waals surface area contributed by atoms with E-state index in [9.17, 15) is 0 Å². The average molecular weight is 266 g/mol. The Labute approximate surface area is 113 Å². The van der Waals surface area contributed by atoms with E-state index >= 15 is 0 Å². The fourth-order valence-corrected chi connectivity index (χ4v) is 3.37. The van der Waals surface area contributed by atoms with Crippen LogP contribution in [0.15, 0.2) is 6.33 Å². The Morgan fingerprint density at radius 1 is 1.22 bits per heavy atom. The molecule has 0 atom stereocenters. The van der Waals surface area contributed by atoms with Crippen LogP contribution in [0.25, 0.3) is 0 Å². The molecule has 5 heteroatoms. The van der Waals surface area contributed by atoms with Crippen LogP contribution in [0.2, 0.25) is 0 Å². The predicted octanol–water partition coefficient (Wildman–Crippen LogP) is 2.77. The van der Waals surface area contributed by atoms with Gasteiger partial charge in [-0.1, -0.05) is 0 Å². The van der Waals surface area contributed by atoms with E-state index in [2.05, 4.69) is 46.2 Å². The molecular weight excluding hydrogens is 244 g/mol. The number of aromatic nitrogens is 2. The number of hydrogen-bond donors (Lipinski definition) is 2. The highest BCUT2D eigenvalue weighted by Crippen LogP contribution is 2.24. The summed E-state index contributed by atoms with van der Waals surface area (Å²) in [6.07, 6.45) is 4.27. The van der Waals surface area contributed by atoms with Gasteiger partial charge in [-0.15, -0.1) is 0 Å². The zero-order valence-corrected chi connectivity index (χ0v) is 12.0. The van der Waals surface area contributed by atoms with Crippen LogP contribution in [0.5, 0.6) is 0 Å². The summed E-state index contributed by atoms with van der Waals surface area (Å²) in [4.78, 5) is 8.60. The van der Waals surface area contributed by atoms with Gasteiger partial charge >= 0.3 is 0 Å². The fraction of sp³-hybridized carbons (Fsp3) is 0.692. The van der Waals surface area contributed by atoms with Crippen LogP contribution in [0.1, 0.15) is 25.3 Å². The van der Waals surface area contributed by atoms with Crippen molar-refractivity contribution in [2.24, 2.45) is 5.92 Å². The van der Waals surface area contributed by atoms with E-state index in [1.165, 1.54) is 24.3 Å². The molecule has 0 amide bonds. The molecule has 1 aromatic heterocycles. The van der Waals surface area contributed by atoms with Crippen LogP contribution < -0.4 is 10.6 Å². The number of anilines is 2. The molecule has 0 spiro atoms. The van der Waals surface area contributed by atoms with Gasteiger partial charge in [-0.3, -0.25) is 0 Å². The summed E-state index contributed by atoms with van der Waals surface area (Å²) in [6.45, 7) is 6.06. The molecule has 1 fully saturated rings. The van der Waals surface area contributed by atoms with E-state index < -0.39 is 0 Å². The van der Waals surface area contributed by atoms with Crippen LogP contribution in [0, 0.1) is 12.8 Å². The number of rotatable bonds is 5. The number of hydrogen-bond acceptors (Lipinski definition) is 5. The van der Waals surface area contributed by atoms with Crippen molar-refractivity contribution in [3.8, 4) is 0 Å². The van der Waals surface area contributed by atoms with Gasteiger partial charge < -0.3 is 10.6 Å². The van der Waals surface area contributed by atoms with Crippen LogP contribution >= 0.6 is 11.8 Å². The maximum atomic E-state index is 4.34. The Kier molecular flexibility index (Phi) is 5.11. The second kappa shape index (κ2) is 6.83. The Morgan fingerprint density at radius 2 is 1.89 bits per heavy atom. The molecule has 1 aliphatic rings. The summed E-state index contributed by atoms with van der Waals surface area (Å²) in [5, 5.41) is 6.74. The average Bonchev–Trinajstić information content (AvgIpc) is 2.41. The molecule has 0 bridgehead atoms. The lowest BCUT2D eigenvalue weighted by Crippen LogP contribution is -2.20. The molecule has 0 aliphatic carbocycles. The summed E-state index contributed by atoms with van der Waals surface area (Å²) in [7, 11) is 0. The van der Waals surface area contributed by atoms with E-state index in [1.807, 2.05) is 0 Å². The van der Waals surface area contributed by atoms with Crippen molar-refractivity contribution in [3.63, 3.8) is 0 Å². The van der Waals surface area contributed by atoms with E-state index in [0.29, 0.717) is 0 Å². The SMILES string of the molecule is CCNc1ncnc(NCC2CCSCC2)c1C. The minimum atomic E-state index is 0.795. The summed E-state index contributed by atoms with van der Waals surface area (Å²) < 4.78 is 0. The topological polar surface area (TPSA) is 49.8 Å². The van der Waals surface area contributed by atoms with E-state index in [1.54, 1.807) is 6.33 Å². The minimum Gasteiger partial charge on any atom is -0.370 e. The highest BCUT2D eigenvalue weighted by molar-refractivity contribution is 7.99. The number of nitrogens with one attached hydrogen (secondary N) is 2. The summed E-state index contributed by atoms with van der Waals surface area (Å²) in [6, 6.07) is 0. The third-order valence-electron chi connectivity index (χ3n) is 3.33. The van der Waals surface area contributed by atoms with Crippen LogP contribution in [-0.2, 0) is 0 Å². The van der Waals surface area contributed by atoms with Gasteiger partial charge in [0.2, 0.25) is 0 Å². The minimum absolute atomic E-state index is 0.795. The molecular formula is C13H22N4S. The highest BCUT2D eigenvalue weighted by atomic mass is 32.2. The van der Waals surface area contributed by atoms with E-state index in [4.69, 9.17) is 0 Å². The van der Waals surface area contributed by atoms with Crippen molar-refractivity contribution in [3.05, 3.63) is 11.9 Å². The molecule has 0 saturated carbocycles. The van der Waals surface area contributed by atoms with Crippen molar-refractivity contribution in [1.29, 1.82) is 0 Å². The third-order valence-corrected chi connectivity index (χ3v) is 4.38. The van der Waals surface area contributed by atoms with Gasteiger partial charge in [0, 0.05) is 18.7 Å². The molecule has 1 aliphatic heterocycles. The van der Waals surface area contributed by atoms with Gasteiger partial charge in [-0.05, 0) is 44.1 Å². The quantitative estimate of drug-likeness (QED) is 0.858. The fourth-order valence-electron chi connectivity index (χ4n) is 2.17. The van der Waals surface area contributed by atoms with Crippen LogP contribution in [0.4, 0.5) is 11.6 Å². The largest absolute Gasteiger partial charge is 0.370 e. The maximum absolute atomic E-state index is 4.34. The molecule has 0 aromatic carbocycles. The first-order valence-electron chi connectivity index (χ1n) is 6.68. The molecule has 2 heterocycles. The van der Waals surface area contributed by atoms with Gasteiger partial charge in [0.25, 0.3) is 0 Å². The molecule has 2 N–H and O–H groups in total. The van der Waals surface area contributed by atoms with Gasteiger partial charge in [-0.25, -0.2) is 9.97 Å². The Bertz CT molecular complexity index is 377. The summed E-state index contributed by atoms with van der Waals surface area (Å²) >= 11 is 2.07. The van der Waals surface area contributed by atoms with Crippen molar-refractivity contribution in [1.82, 2.24) is 9.97 Å². The maximum Gasteiger partial charge on any atom is 0.134 e. The van der Waals surface area contributed by atoms with Gasteiger partial charge in [0.15, 0.2) is 0 Å². The standard InChI is InChI=1S/C13H22N4S/c1-3-14-12-10(2)13(17-9-16-12)15-8-11-4-6-18-7-5-11/h9,11H,3-8H2,1-2H3,(H2,14,15,16,17). The van der Waals surface area contributed by atoms with Crippen LogP contribution in [0.3, 0.4) is 0 Å². The van der Waals surface area contributed by atoms with Crippen molar-refractivity contribution >= 4 is 23.4 Å². The monoisotopic (exact) mass is 266 g/mol. The van der Waals surface area contributed by atoms with Crippen LogP contribution in [-0.4, -0.2) is 34.6 Å². The zero-order chi connectivity index (χ0) is 12.8. The highest BCUT2D eigenvalue weighted by Gasteiger charge is 2.14. The third kappa shape index (κ3) is 3.51. The second-order valence-electron chi connectivity index (χ2n) is 4.66. The lowest BCUT2D eigenvalue weighted by atomic mass is 10.0. The van der Waals surface area contributed by atoms with E-state index in [-0.39, 0.29) is 0 Å². The van der Waals surface area contributed by atoms with E-state index in [0.717, 1.165) is 36.2 Å². The Hall–Kier alpha value is -0.970. The van der Waals surface area contributed by atoms with Gasteiger partial charge in [0.05, 0.1) is 0 Å². The molecule has 18 heavy (non-hydrogen) atoms. The van der Waals surface area contributed by atoms with Gasteiger partial charge in [0.1, 0.15) is 18.0 Å². The smallest absolute Gasteiger partial charge is 0.134 e. The molecule has 4 nitrogen and oxygen atoms in total. The normalized spacial score (nSPS) is 16.6. The molecule has 0 unspecified atom stereocenters. The first-order chi connectivity index (χ1) is 8.81. The second-order valence-corrected chi connectivity index (χ2v) is 5.89. The molecule has 1 aromatic rings. The zero-order valence-electron chi connectivity index (χ0n) is 11.2. The molecule has 100 valence electrons. The molecule has 1 saturated heterocycles. The first-order valence-corrected chi connectivity index (χ1v) is 7.83. The first kappa shape index (κ1) is 13.5. The van der Waals surface area contributed by atoms with Crippen molar-refractivity contribution < 1.29 is 0 Å². The lowest BCUT2D eigenvalue weighted by molar-refractivity contribution is 0.515. The van der Waals surface area contributed by atoms with Crippen molar-refractivity contribution in [2.75, 3.05) is 35.2 Å². The van der Waals surface area contributed by atoms with Gasteiger partial charge in [-0.2, -0.15) is 11.8 Å². The summed E-state index contributed by atoms with van der Waals surface area (Å²) in [5.41, 5.74) is 1.12. The molecule has 2 rings (SSSR count). The van der Waals surface area contributed by atoms with Crippen molar-refractivity contribution in [2.45, 2.75) is 26.7 Å². The summed E-state index contributed by atoms with van der Waals surface area (Å²) in [5.74, 6) is 5.31. The number of nitrogens with zero attached hydrogens (tertiary/aromatic N) is 2. The lowest BCUT2D eigenvalue weighted by Gasteiger charge is -2.22. The predicted molar refractivity (Wildman–Crippen MR) is 79.5 cm³/mol. The Morgan fingerprint density at radius 3 is 2.56 bits per heavy atom. The molecule has 0 radical (unpaired) electrons.